The van der Waals surface area contributed by atoms with Crippen LogP contribution in [-0.2, 0) is 0 Å². The van der Waals surface area contributed by atoms with E-state index in [1.807, 2.05) is 0 Å². The summed E-state index contributed by atoms with van der Waals surface area (Å²) in [7, 11) is 0. The average molecular weight is 392 g/mol. The summed E-state index contributed by atoms with van der Waals surface area (Å²) in [5.74, 6) is -0.557. The predicted molar refractivity (Wildman–Crippen MR) is 103 cm³/mol. The Kier molecular flexibility index (Phi) is 4.81. The number of aromatic nitrogens is 3. The Morgan fingerprint density at radius 2 is 2.03 bits per heavy atom. The van der Waals surface area contributed by atoms with E-state index in [9.17, 15) is 14.5 Å². The number of halogens is 1. The van der Waals surface area contributed by atoms with Crippen molar-refractivity contribution in [1.82, 2.24) is 14.8 Å². The second-order valence-corrected chi connectivity index (χ2v) is 5.86. The molecule has 1 aromatic carbocycles. The van der Waals surface area contributed by atoms with Gasteiger partial charge in [-0.25, -0.2) is 9.07 Å². The molecule has 4 rings (SSSR count). The highest BCUT2D eigenvalue weighted by Crippen LogP contribution is 2.28. The number of nitrogens with zero attached hydrogens (tertiary/aromatic N) is 5. The van der Waals surface area contributed by atoms with Gasteiger partial charge in [0.15, 0.2) is 5.76 Å². The fourth-order valence-corrected chi connectivity index (χ4v) is 2.56. The average Bonchev–Trinajstić information content (AvgIpc) is 3.37. The standard InChI is InChI=1S/C19H13FN6O3/c20-14-3-5-16(6-4-14)25-12-13(10-22-23-15-2-1-9-21-11-15)19(24-25)17-7-8-18(29-17)26(27)28/h1-12,23H/b22-10+. The first kappa shape index (κ1) is 18.0. The molecule has 10 heteroatoms. The maximum Gasteiger partial charge on any atom is 0.433 e. The van der Waals surface area contributed by atoms with Crippen LogP contribution < -0.4 is 5.43 Å². The van der Waals surface area contributed by atoms with Crippen LogP contribution in [0.2, 0.25) is 0 Å². The Balaban J connectivity index is 1.70. The number of nitro groups is 1. The van der Waals surface area contributed by atoms with Crippen molar-refractivity contribution < 1.29 is 13.7 Å². The van der Waals surface area contributed by atoms with Crippen LogP contribution in [0.15, 0.2) is 76.6 Å². The molecule has 29 heavy (non-hydrogen) atoms. The minimum Gasteiger partial charge on any atom is -0.399 e. The molecular weight excluding hydrogens is 379 g/mol. The van der Waals surface area contributed by atoms with Crippen molar-refractivity contribution in [3.05, 3.63) is 88.6 Å². The zero-order valence-corrected chi connectivity index (χ0v) is 14.8. The van der Waals surface area contributed by atoms with Crippen LogP contribution in [0.3, 0.4) is 0 Å². The molecule has 4 aromatic rings. The van der Waals surface area contributed by atoms with Gasteiger partial charge in [-0.1, -0.05) is 0 Å². The summed E-state index contributed by atoms with van der Waals surface area (Å²) in [5.41, 5.74) is 5.01. The quantitative estimate of drug-likeness (QED) is 0.301. The molecule has 0 saturated carbocycles. The largest absolute Gasteiger partial charge is 0.433 e. The van der Waals surface area contributed by atoms with Crippen LogP contribution in [0.4, 0.5) is 16.0 Å². The fourth-order valence-electron chi connectivity index (χ4n) is 2.56. The number of furan rings is 1. The van der Waals surface area contributed by atoms with E-state index in [0.717, 1.165) is 0 Å². The lowest BCUT2D eigenvalue weighted by Crippen LogP contribution is -1.94. The van der Waals surface area contributed by atoms with Crippen molar-refractivity contribution in [3.8, 4) is 17.1 Å². The minimum absolute atomic E-state index is 0.209. The molecule has 0 spiro atoms. The van der Waals surface area contributed by atoms with Crippen molar-refractivity contribution in [2.24, 2.45) is 5.10 Å². The monoisotopic (exact) mass is 392 g/mol. The lowest BCUT2D eigenvalue weighted by atomic mass is 10.2. The minimum atomic E-state index is -0.627. The summed E-state index contributed by atoms with van der Waals surface area (Å²) < 4.78 is 20.0. The number of hydrogen-bond acceptors (Lipinski definition) is 7. The Hall–Kier alpha value is -4.34. The van der Waals surface area contributed by atoms with Crippen LogP contribution in [0.25, 0.3) is 17.1 Å². The molecule has 9 nitrogen and oxygen atoms in total. The van der Waals surface area contributed by atoms with Gasteiger partial charge in [0.2, 0.25) is 0 Å². The summed E-state index contributed by atoms with van der Waals surface area (Å²) in [6.07, 6.45) is 6.41. The van der Waals surface area contributed by atoms with E-state index in [2.05, 4.69) is 20.6 Å². The third-order valence-electron chi connectivity index (χ3n) is 3.90. The molecule has 3 heterocycles. The first-order chi connectivity index (χ1) is 14.1. The third-order valence-corrected chi connectivity index (χ3v) is 3.90. The van der Waals surface area contributed by atoms with E-state index in [1.54, 1.807) is 42.9 Å². The number of pyridine rings is 1. The molecule has 0 atom stereocenters. The molecule has 0 saturated heterocycles. The van der Waals surface area contributed by atoms with Crippen molar-refractivity contribution in [3.63, 3.8) is 0 Å². The normalized spacial score (nSPS) is 11.1. The third kappa shape index (κ3) is 4.00. The molecule has 0 aliphatic rings. The molecule has 144 valence electrons. The molecular formula is C19H13FN6O3. The number of hydrazone groups is 1. The number of benzene rings is 1. The van der Waals surface area contributed by atoms with Crippen LogP contribution in [0.1, 0.15) is 5.56 Å². The summed E-state index contributed by atoms with van der Waals surface area (Å²) in [4.78, 5) is 14.3. The van der Waals surface area contributed by atoms with Gasteiger partial charge in [0.1, 0.15) is 16.4 Å². The van der Waals surface area contributed by atoms with Crippen molar-refractivity contribution in [2.45, 2.75) is 0 Å². The number of nitrogens with one attached hydrogen (secondary N) is 1. The van der Waals surface area contributed by atoms with Crippen LogP contribution in [0.5, 0.6) is 0 Å². The molecule has 0 radical (unpaired) electrons. The maximum absolute atomic E-state index is 13.2. The lowest BCUT2D eigenvalue weighted by molar-refractivity contribution is -0.401. The van der Waals surface area contributed by atoms with E-state index in [4.69, 9.17) is 4.42 Å². The topological polar surface area (TPSA) is 111 Å². The van der Waals surface area contributed by atoms with Gasteiger partial charge in [-0.3, -0.25) is 20.5 Å². The van der Waals surface area contributed by atoms with Gasteiger partial charge in [0, 0.05) is 18.0 Å². The van der Waals surface area contributed by atoms with Gasteiger partial charge < -0.3 is 4.42 Å². The summed E-state index contributed by atoms with van der Waals surface area (Å²) in [6, 6.07) is 12.0. The van der Waals surface area contributed by atoms with Gasteiger partial charge >= 0.3 is 5.88 Å². The van der Waals surface area contributed by atoms with Gasteiger partial charge in [-0.15, -0.1) is 0 Å². The van der Waals surface area contributed by atoms with E-state index in [1.165, 1.54) is 35.2 Å². The highest BCUT2D eigenvalue weighted by molar-refractivity contribution is 5.88. The summed E-state index contributed by atoms with van der Waals surface area (Å²) >= 11 is 0. The van der Waals surface area contributed by atoms with E-state index < -0.39 is 10.8 Å². The molecule has 0 aliphatic heterocycles. The second-order valence-electron chi connectivity index (χ2n) is 5.86. The molecule has 1 N–H and O–H groups in total. The predicted octanol–water partition coefficient (Wildman–Crippen LogP) is 4.02. The Morgan fingerprint density at radius 3 is 2.72 bits per heavy atom. The van der Waals surface area contributed by atoms with Crippen LogP contribution >= 0.6 is 0 Å². The molecule has 0 fully saturated rings. The lowest BCUT2D eigenvalue weighted by Gasteiger charge is -1.99. The SMILES string of the molecule is O=[N+]([O-])c1ccc(-c2nn(-c3ccc(F)cc3)cc2/C=N/Nc2cccnc2)o1. The fraction of sp³-hybridized carbons (Fsp3) is 0. The van der Waals surface area contributed by atoms with E-state index >= 15 is 0 Å². The summed E-state index contributed by atoms with van der Waals surface area (Å²) in [5, 5.41) is 19.5. The molecule has 0 amide bonds. The number of hydrogen-bond donors (Lipinski definition) is 1. The first-order valence-corrected chi connectivity index (χ1v) is 8.39. The van der Waals surface area contributed by atoms with Gasteiger partial charge in [0.05, 0.1) is 29.9 Å². The highest BCUT2D eigenvalue weighted by Gasteiger charge is 2.19. The summed E-state index contributed by atoms with van der Waals surface area (Å²) in [6.45, 7) is 0. The van der Waals surface area contributed by atoms with Crippen molar-refractivity contribution in [2.75, 3.05) is 5.43 Å². The van der Waals surface area contributed by atoms with Gasteiger partial charge in [0.25, 0.3) is 0 Å². The van der Waals surface area contributed by atoms with Crippen LogP contribution in [0, 0.1) is 15.9 Å². The maximum atomic E-state index is 13.2. The van der Waals surface area contributed by atoms with Crippen LogP contribution in [-0.4, -0.2) is 25.9 Å². The Labute approximate surface area is 163 Å². The number of rotatable bonds is 6. The van der Waals surface area contributed by atoms with Crippen molar-refractivity contribution in [1.29, 1.82) is 0 Å². The molecule has 0 bridgehead atoms. The smallest absolute Gasteiger partial charge is 0.399 e. The van der Waals surface area contributed by atoms with Gasteiger partial charge in [-0.2, -0.15) is 10.2 Å². The first-order valence-electron chi connectivity index (χ1n) is 8.39. The zero-order valence-electron chi connectivity index (χ0n) is 14.8. The molecule has 0 unspecified atom stereocenters. The molecule has 3 aromatic heterocycles. The Bertz CT molecular complexity index is 1170. The van der Waals surface area contributed by atoms with E-state index in [-0.39, 0.29) is 11.6 Å². The second kappa shape index (κ2) is 7.72. The Morgan fingerprint density at radius 1 is 1.21 bits per heavy atom. The number of anilines is 1. The van der Waals surface area contributed by atoms with E-state index in [0.29, 0.717) is 22.6 Å². The van der Waals surface area contributed by atoms with Crippen molar-refractivity contribution >= 4 is 17.8 Å². The zero-order chi connectivity index (χ0) is 20.2. The van der Waals surface area contributed by atoms with Gasteiger partial charge in [-0.05, 0) is 42.5 Å². The molecule has 0 aliphatic carbocycles. The highest BCUT2D eigenvalue weighted by atomic mass is 19.1.